The van der Waals surface area contributed by atoms with Crippen LogP contribution in [0.3, 0.4) is 0 Å². The lowest BCUT2D eigenvalue weighted by atomic mass is 10.1. The molecular weight excluding hydrogens is 227 g/mol. The standard InChI is InChI=1S/C15H13FN2/c1-10-3-6-15(14(16)7-10)18-13-5-4-12(9-17)11(2)8-13/h3-8,18H,1-2H3. The molecule has 0 aliphatic rings. The number of rotatable bonds is 2. The minimum atomic E-state index is -0.281. The number of halogens is 1. The van der Waals surface area contributed by atoms with E-state index in [1.54, 1.807) is 18.2 Å². The number of nitrogens with zero attached hydrogens (tertiary/aromatic N) is 1. The van der Waals surface area contributed by atoms with Crippen LogP contribution in [0.5, 0.6) is 0 Å². The highest BCUT2D eigenvalue weighted by Gasteiger charge is 2.04. The molecule has 2 aromatic carbocycles. The molecule has 0 atom stereocenters. The Bertz CT molecular complexity index is 627. The van der Waals surface area contributed by atoms with Crippen LogP contribution in [0.1, 0.15) is 16.7 Å². The average Bonchev–Trinajstić information content (AvgIpc) is 2.33. The van der Waals surface area contributed by atoms with Gasteiger partial charge >= 0.3 is 0 Å². The van der Waals surface area contributed by atoms with Crippen LogP contribution < -0.4 is 5.32 Å². The number of nitriles is 1. The molecule has 0 fully saturated rings. The second-order valence-electron chi connectivity index (χ2n) is 4.25. The van der Waals surface area contributed by atoms with Gasteiger partial charge in [-0.2, -0.15) is 5.26 Å². The van der Waals surface area contributed by atoms with Crippen molar-refractivity contribution in [3.8, 4) is 6.07 Å². The van der Waals surface area contributed by atoms with Crippen LogP contribution in [0.2, 0.25) is 0 Å². The third kappa shape index (κ3) is 2.49. The van der Waals surface area contributed by atoms with Crippen LogP contribution in [0, 0.1) is 31.0 Å². The Morgan fingerprint density at radius 1 is 1.11 bits per heavy atom. The Kier molecular flexibility index (Phi) is 3.29. The van der Waals surface area contributed by atoms with Crippen molar-refractivity contribution in [3.05, 3.63) is 58.9 Å². The average molecular weight is 240 g/mol. The summed E-state index contributed by atoms with van der Waals surface area (Å²) in [5.74, 6) is -0.281. The van der Waals surface area contributed by atoms with Crippen LogP contribution in [-0.4, -0.2) is 0 Å². The maximum atomic E-state index is 13.7. The van der Waals surface area contributed by atoms with Crippen LogP contribution >= 0.6 is 0 Å². The molecule has 3 heteroatoms. The topological polar surface area (TPSA) is 35.8 Å². The van der Waals surface area contributed by atoms with E-state index in [1.807, 2.05) is 26.0 Å². The molecule has 90 valence electrons. The molecule has 0 saturated heterocycles. The zero-order valence-electron chi connectivity index (χ0n) is 10.3. The molecule has 0 aromatic heterocycles. The molecule has 0 aliphatic carbocycles. The van der Waals surface area contributed by atoms with E-state index in [-0.39, 0.29) is 5.82 Å². The van der Waals surface area contributed by atoms with Crippen molar-refractivity contribution in [1.29, 1.82) is 5.26 Å². The zero-order valence-corrected chi connectivity index (χ0v) is 10.3. The summed E-state index contributed by atoms with van der Waals surface area (Å²) in [5, 5.41) is 11.9. The van der Waals surface area contributed by atoms with Crippen molar-refractivity contribution in [1.82, 2.24) is 0 Å². The maximum absolute atomic E-state index is 13.7. The van der Waals surface area contributed by atoms with E-state index in [1.165, 1.54) is 6.07 Å². The van der Waals surface area contributed by atoms with Gasteiger partial charge in [0.25, 0.3) is 0 Å². The second-order valence-corrected chi connectivity index (χ2v) is 4.25. The van der Waals surface area contributed by atoms with Crippen molar-refractivity contribution < 1.29 is 4.39 Å². The lowest BCUT2D eigenvalue weighted by Crippen LogP contribution is -1.95. The summed E-state index contributed by atoms with van der Waals surface area (Å²) in [6.07, 6.45) is 0. The third-order valence-electron chi connectivity index (χ3n) is 2.75. The van der Waals surface area contributed by atoms with Gasteiger partial charge in [0, 0.05) is 5.69 Å². The number of benzene rings is 2. The highest BCUT2D eigenvalue weighted by Crippen LogP contribution is 2.22. The highest BCUT2D eigenvalue weighted by atomic mass is 19.1. The Balaban J connectivity index is 2.29. The van der Waals surface area contributed by atoms with Crippen LogP contribution in [0.4, 0.5) is 15.8 Å². The van der Waals surface area contributed by atoms with E-state index >= 15 is 0 Å². The molecule has 0 radical (unpaired) electrons. The smallest absolute Gasteiger partial charge is 0.146 e. The largest absolute Gasteiger partial charge is 0.353 e. The molecule has 2 aromatic rings. The van der Waals surface area contributed by atoms with Gasteiger partial charge in [-0.05, 0) is 55.3 Å². The Morgan fingerprint density at radius 2 is 1.89 bits per heavy atom. The molecule has 0 bridgehead atoms. The van der Waals surface area contributed by atoms with E-state index in [0.717, 1.165) is 16.8 Å². The van der Waals surface area contributed by atoms with E-state index in [4.69, 9.17) is 5.26 Å². The lowest BCUT2D eigenvalue weighted by Gasteiger charge is -2.09. The molecule has 0 saturated carbocycles. The van der Waals surface area contributed by atoms with Gasteiger partial charge in [0.1, 0.15) is 5.82 Å². The number of anilines is 2. The number of hydrogen-bond donors (Lipinski definition) is 1. The SMILES string of the molecule is Cc1ccc(Nc2ccc(C#N)c(C)c2)c(F)c1. The summed E-state index contributed by atoms with van der Waals surface area (Å²) in [7, 11) is 0. The second kappa shape index (κ2) is 4.89. The Labute approximate surface area is 106 Å². The highest BCUT2D eigenvalue weighted by molar-refractivity contribution is 5.62. The van der Waals surface area contributed by atoms with Crippen molar-refractivity contribution >= 4 is 11.4 Å². The van der Waals surface area contributed by atoms with Gasteiger partial charge in [0.05, 0.1) is 17.3 Å². The molecule has 1 N–H and O–H groups in total. The fourth-order valence-corrected chi connectivity index (χ4v) is 1.74. The fourth-order valence-electron chi connectivity index (χ4n) is 1.74. The summed E-state index contributed by atoms with van der Waals surface area (Å²) in [6.45, 7) is 3.70. The maximum Gasteiger partial charge on any atom is 0.146 e. The van der Waals surface area contributed by atoms with E-state index in [9.17, 15) is 4.39 Å². The van der Waals surface area contributed by atoms with Gasteiger partial charge in [-0.15, -0.1) is 0 Å². The molecule has 0 aliphatic heterocycles. The van der Waals surface area contributed by atoms with Crippen LogP contribution in [-0.2, 0) is 0 Å². The van der Waals surface area contributed by atoms with Gasteiger partial charge < -0.3 is 5.32 Å². The monoisotopic (exact) mass is 240 g/mol. The molecule has 0 unspecified atom stereocenters. The minimum absolute atomic E-state index is 0.281. The van der Waals surface area contributed by atoms with Crippen molar-refractivity contribution in [3.63, 3.8) is 0 Å². The van der Waals surface area contributed by atoms with E-state index in [2.05, 4.69) is 11.4 Å². The fraction of sp³-hybridized carbons (Fsp3) is 0.133. The number of hydrogen-bond acceptors (Lipinski definition) is 2. The molecule has 0 spiro atoms. The number of aryl methyl sites for hydroxylation is 2. The minimum Gasteiger partial charge on any atom is -0.353 e. The first-order chi connectivity index (χ1) is 8.60. The van der Waals surface area contributed by atoms with E-state index < -0.39 is 0 Å². The summed E-state index contributed by atoms with van der Waals surface area (Å²) < 4.78 is 13.7. The quantitative estimate of drug-likeness (QED) is 0.859. The summed E-state index contributed by atoms with van der Waals surface area (Å²) in [6, 6.07) is 12.5. The molecule has 2 rings (SSSR count). The van der Waals surface area contributed by atoms with Crippen LogP contribution in [0.15, 0.2) is 36.4 Å². The normalized spacial score (nSPS) is 9.89. The lowest BCUT2D eigenvalue weighted by molar-refractivity contribution is 0.631. The third-order valence-corrected chi connectivity index (χ3v) is 2.75. The van der Waals surface area contributed by atoms with Crippen molar-refractivity contribution in [2.75, 3.05) is 5.32 Å². The number of nitrogens with one attached hydrogen (secondary N) is 1. The molecule has 0 amide bonds. The first kappa shape index (κ1) is 12.1. The van der Waals surface area contributed by atoms with Gasteiger partial charge in [0.2, 0.25) is 0 Å². The molecule has 2 nitrogen and oxygen atoms in total. The first-order valence-electron chi connectivity index (χ1n) is 5.64. The molecular formula is C15H13FN2. The predicted molar refractivity (Wildman–Crippen MR) is 70.3 cm³/mol. The summed E-state index contributed by atoms with van der Waals surface area (Å²) in [5.41, 5.74) is 3.59. The summed E-state index contributed by atoms with van der Waals surface area (Å²) >= 11 is 0. The Morgan fingerprint density at radius 3 is 2.50 bits per heavy atom. The van der Waals surface area contributed by atoms with Crippen molar-refractivity contribution in [2.24, 2.45) is 0 Å². The van der Waals surface area contributed by atoms with Gasteiger partial charge in [-0.25, -0.2) is 4.39 Å². The molecule has 0 heterocycles. The Hall–Kier alpha value is -2.34. The summed E-state index contributed by atoms with van der Waals surface area (Å²) in [4.78, 5) is 0. The zero-order chi connectivity index (χ0) is 13.1. The van der Waals surface area contributed by atoms with Gasteiger partial charge in [-0.1, -0.05) is 6.07 Å². The first-order valence-corrected chi connectivity index (χ1v) is 5.64. The predicted octanol–water partition coefficient (Wildman–Crippen LogP) is 4.06. The van der Waals surface area contributed by atoms with Gasteiger partial charge in [0.15, 0.2) is 0 Å². The van der Waals surface area contributed by atoms with Gasteiger partial charge in [-0.3, -0.25) is 0 Å². The molecule has 18 heavy (non-hydrogen) atoms. The van der Waals surface area contributed by atoms with Crippen molar-refractivity contribution in [2.45, 2.75) is 13.8 Å². The van der Waals surface area contributed by atoms with E-state index in [0.29, 0.717) is 11.3 Å². The van der Waals surface area contributed by atoms with Crippen LogP contribution in [0.25, 0.3) is 0 Å².